The summed E-state index contributed by atoms with van der Waals surface area (Å²) in [6.07, 6.45) is 1.19. The van der Waals surface area contributed by atoms with E-state index in [-0.39, 0.29) is 23.8 Å². The monoisotopic (exact) mass is 346 g/mol. The largest absolute Gasteiger partial charge is 0.355 e. The van der Waals surface area contributed by atoms with Crippen molar-refractivity contribution in [1.82, 2.24) is 15.5 Å². The fourth-order valence-corrected chi connectivity index (χ4v) is 2.79. The average Bonchev–Trinajstić information content (AvgIpc) is 2.62. The summed E-state index contributed by atoms with van der Waals surface area (Å²) in [6.45, 7) is 5.08. The smallest absolute Gasteiger partial charge is 0.321 e. The molecule has 0 bridgehead atoms. The maximum absolute atomic E-state index is 12.3. The van der Waals surface area contributed by atoms with Gasteiger partial charge in [0.2, 0.25) is 11.8 Å². The Labute approximate surface area is 148 Å². The van der Waals surface area contributed by atoms with E-state index in [9.17, 15) is 14.4 Å². The molecule has 0 aromatic heterocycles. The summed E-state index contributed by atoms with van der Waals surface area (Å²) in [5.74, 6) is -0.477. The molecule has 1 heterocycles. The van der Waals surface area contributed by atoms with Crippen LogP contribution >= 0.6 is 0 Å². The minimum Gasteiger partial charge on any atom is -0.355 e. The molecule has 1 aliphatic heterocycles. The van der Waals surface area contributed by atoms with E-state index in [4.69, 9.17) is 0 Å². The molecule has 0 radical (unpaired) electrons. The van der Waals surface area contributed by atoms with Crippen molar-refractivity contribution in [3.8, 4) is 0 Å². The second-order valence-corrected chi connectivity index (χ2v) is 6.18. The van der Waals surface area contributed by atoms with Gasteiger partial charge in [-0.1, -0.05) is 18.2 Å². The van der Waals surface area contributed by atoms with E-state index < -0.39 is 6.04 Å². The first kappa shape index (κ1) is 18.8. The molecule has 7 nitrogen and oxygen atoms in total. The van der Waals surface area contributed by atoms with E-state index in [1.165, 1.54) is 0 Å². The molecule has 136 valence electrons. The number of benzene rings is 1. The third-order valence-electron chi connectivity index (χ3n) is 4.28. The van der Waals surface area contributed by atoms with Crippen molar-refractivity contribution in [3.05, 3.63) is 30.3 Å². The van der Waals surface area contributed by atoms with E-state index in [0.29, 0.717) is 32.5 Å². The number of anilines is 1. The van der Waals surface area contributed by atoms with Crippen LogP contribution in [0, 0.1) is 5.92 Å². The molecular formula is C18H26N4O3. The molecule has 1 aromatic rings. The Balaban J connectivity index is 1.77. The van der Waals surface area contributed by atoms with Crippen molar-refractivity contribution in [2.24, 2.45) is 5.92 Å². The van der Waals surface area contributed by atoms with Crippen LogP contribution in [0.25, 0.3) is 0 Å². The molecule has 1 saturated heterocycles. The minimum atomic E-state index is -0.549. The first-order valence-corrected chi connectivity index (χ1v) is 8.70. The second-order valence-electron chi connectivity index (χ2n) is 6.18. The molecule has 0 spiro atoms. The van der Waals surface area contributed by atoms with Crippen LogP contribution in [0.4, 0.5) is 10.5 Å². The predicted molar refractivity (Wildman–Crippen MR) is 96.0 cm³/mol. The van der Waals surface area contributed by atoms with Gasteiger partial charge in [0, 0.05) is 31.2 Å². The third kappa shape index (κ3) is 5.48. The Bertz CT molecular complexity index is 598. The first-order valence-electron chi connectivity index (χ1n) is 8.70. The van der Waals surface area contributed by atoms with E-state index >= 15 is 0 Å². The number of hydrogen-bond acceptors (Lipinski definition) is 3. The summed E-state index contributed by atoms with van der Waals surface area (Å²) in [5, 5.41) is 8.28. The molecule has 1 fully saturated rings. The number of nitrogens with zero attached hydrogens (tertiary/aromatic N) is 1. The number of likely N-dealkylation sites (N-methyl/N-ethyl adjacent to an activating group) is 1. The Morgan fingerprint density at radius 3 is 2.40 bits per heavy atom. The van der Waals surface area contributed by atoms with E-state index in [2.05, 4.69) is 16.0 Å². The number of para-hydroxylation sites is 1. The predicted octanol–water partition coefficient (Wildman–Crippen LogP) is 1.57. The van der Waals surface area contributed by atoms with Gasteiger partial charge in [0.25, 0.3) is 0 Å². The van der Waals surface area contributed by atoms with Gasteiger partial charge in [-0.3, -0.25) is 9.59 Å². The van der Waals surface area contributed by atoms with Crippen LogP contribution in [0.3, 0.4) is 0 Å². The number of likely N-dealkylation sites (tertiary alicyclic amines) is 1. The van der Waals surface area contributed by atoms with Crippen molar-refractivity contribution in [2.45, 2.75) is 32.7 Å². The Hall–Kier alpha value is -2.57. The van der Waals surface area contributed by atoms with Crippen molar-refractivity contribution >= 4 is 23.5 Å². The topological polar surface area (TPSA) is 90.5 Å². The lowest BCUT2D eigenvalue weighted by Gasteiger charge is -2.31. The van der Waals surface area contributed by atoms with Crippen LogP contribution in [0.5, 0.6) is 0 Å². The van der Waals surface area contributed by atoms with Crippen LogP contribution in [0.1, 0.15) is 26.7 Å². The molecule has 4 amide bonds. The van der Waals surface area contributed by atoms with Crippen LogP contribution in [-0.2, 0) is 9.59 Å². The molecule has 2 rings (SSSR count). The number of carbonyl (C=O) groups excluding carboxylic acids is 3. The first-order chi connectivity index (χ1) is 12.0. The maximum atomic E-state index is 12.3. The molecule has 0 aliphatic carbocycles. The second kappa shape index (κ2) is 9.05. The summed E-state index contributed by atoms with van der Waals surface area (Å²) >= 11 is 0. The Morgan fingerprint density at radius 2 is 1.80 bits per heavy atom. The molecular weight excluding hydrogens is 320 g/mol. The fraction of sp³-hybridized carbons (Fsp3) is 0.500. The normalized spacial score (nSPS) is 16.0. The number of rotatable bonds is 5. The van der Waals surface area contributed by atoms with Crippen molar-refractivity contribution in [3.63, 3.8) is 0 Å². The van der Waals surface area contributed by atoms with Gasteiger partial charge in [-0.2, -0.15) is 0 Å². The number of nitrogens with one attached hydrogen (secondary N) is 3. The van der Waals surface area contributed by atoms with Gasteiger partial charge in [0.15, 0.2) is 0 Å². The molecule has 1 atom stereocenters. The van der Waals surface area contributed by atoms with E-state index in [1.807, 2.05) is 37.3 Å². The summed E-state index contributed by atoms with van der Waals surface area (Å²) in [6, 6.07) is 8.58. The lowest BCUT2D eigenvalue weighted by molar-refractivity contribution is -0.131. The average molecular weight is 346 g/mol. The number of urea groups is 1. The van der Waals surface area contributed by atoms with Crippen LogP contribution < -0.4 is 16.0 Å². The molecule has 7 heteroatoms. The molecule has 0 saturated carbocycles. The van der Waals surface area contributed by atoms with Crippen molar-refractivity contribution < 1.29 is 14.4 Å². The fourth-order valence-electron chi connectivity index (χ4n) is 2.79. The van der Waals surface area contributed by atoms with Gasteiger partial charge in [-0.25, -0.2) is 4.79 Å². The highest BCUT2D eigenvalue weighted by Gasteiger charge is 2.28. The zero-order valence-corrected chi connectivity index (χ0v) is 14.7. The van der Waals surface area contributed by atoms with Gasteiger partial charge >= 0.3 is 6.03 Å². The summed E-state index contributed by atoms with van der Waals surface area (Å²) < 4.78 is 0. The van der Waals surface area contributed by atoms with Crippen LogP contribution in [0.2, 0.25) is 0 Å². The minimum absolute atomic E-state index is 0.123. The highest BCUT2D eigenvalue weighted by atomic mass is 16.2. The third-order valence-corrected chi connectivity index (χ3v) is 4.28. The highest BCUT2D eigenvalue weighted by Crippen LogP contribution is 2.18. The lowest BCUT2D eigenvalue weighted by atomic mass is 9.96. The van der Waals surface area contributed by atoms with Gasteiger partial charge < -0.3 is 20.9 Å². The van der Waals surface area contributed by atoms with E-state index in [0.717, 1.165) is 5.69 Å². The quantitative estimate of drug-likeness (QED) is 0.756. The standard InChI is InChI=1S/C18H26N4O3/c1-3-19-16(23)13(2)20-17(24)14-9-11-22(12-10-14)18(25)21-15-7-5-4-6-8-15/h4-8,13-14H,3,9-12H2,1-2H3,(H,19,23)(H,20,24)(H,21,25)/t13-/m1/s1. The summed E-state index contributed by atoms with van der Waals surface area (Å²) in [7, 11) is 0. The number of amides is 4. The molecule has 0 unspecified atom stereocenters. The van der Waals surface area contributed by atoms with Crippen molar-refractivity contribution in [1.29, 1.82) is 0 Å². The molecule has 1 aliphatic rings. The van der Waals surface area contributed by atoms with Crippen molar-refractivity contribution in [2.75, 3.05) is 25.0 Å². The summed E-state index contributed by atoms with van der Waals surface area (Å²) in [4.78, 5) is 37.9. The zero-order valence-electron chi connectivity index (χ0n) is 14.7. The van der Waals surface area contributed by atoms with Gasteiger partial charge in [0.05, 0.1) is 0 Å². The number of piperidine rings is 1. The highest BCUT2D eigenvalue weighted by molar-refractivity contribution is 5.90. The Morgan fingerprint density at radius 1 is 1.16 bits per heavy atom. The lowest BCUT2D eigenvalue weighted by Crippen LogP contribution is -2.49. The molecule has 25 heavy (non-hydrogen) atoms. The zero-order chi connectivity index (χ0) is 18.2. The number of carbonyl (C=O) groups is 3. The van der Waals surface area contributed by atoms with Gasteiger partial charge in [-0.15, -0.1) is 0 Å². The number of hydrogen-bond donors (Lipinski definition) is 3. The summed E-state index contributed by atoms with van der Waals surface area (Å²) in [5.41, 5.74) is 0.753. The molecule has 3 N–H and O–H groups in total. The van der Waals surface area contributed by atoms with Crippen LogP contribution in [0.15, 0.2) is 30.3 Å². The Kier molecular flexibility index (Phi) is 6.80. The van der Waals surface area contributed by atoms with Gasteiger partial charge in [-0.05, 0) is 38.8 Å². The SMILES string of the molecule is CCNC(=O)[C@@H](C)NC(=O)C1CCN(C(=O)Nc2ccccc2)CC1. The maximum Gasteiger partial charge on any atom is 0.321 e. The van der Waals surface area contributed by atoms with E-state index in [1.54, 1.807) is 11.8 Å². The van der Waals surface area contributed by atoms with Crippen LogP contribution in [-0.4, -0.2) is 48.4 Å². The van der Waals surface area contributed by atoms with Gasteiger partial charge in [0.1, 0.15) is 6.04 Å². The molecule has 1 aromatic carbocycles.